The third kappa shape index (κ3) is 4.72. The Kier molecular flexibility index (Phi) is 6.43. The van der Waals surface area contributed by atoms with Gasteiger partial charge in [0.1, 0.15) is 11.6 Å². The molecular formula is C26H29ClF2N2O3S. The minimum atomic E-state index is -4.05. The number of nitrogens with zero attached hydrogens (tertiary/aromatic N) is 1. The van der Waals surface area contributed by atoms with Gasteiger partial charge in [0.15, 0.2) is 0 Å². The Bertz CT molecular complexity index is 1200. The molecule has 2 aromatic rings. The number of benzene rings is 2. The molecule has 1 atom stereocenters. The highest BCUT2D eigenvalue weighted by atomic mass is 35.5. The average molecular weight is 523 g/mol. The van der Waals surface area contributed by atoms with Crippen LogP contribution in [0.5, 0.6) is 0 Å². The summed E-state index contributed by atoms with van der Waals surface area (Å²) < 4.78 is 56.4. The van der Waals surface area contributed by atoms with Crippen molar-refractivity contribution in [2.75, 3.05) is 11.9 Å². The molecule has 0 heterocycles. The van der Waals surface area contributed by atoms with E-state index in [0.717, 1.165) is 31.4 Å². The van der Waals surface area contributed by atoms with Gasteiger partial charge in [-0.2, -0.15) is 4.31 Å². The first-order valence-electron chi connectivity index (χ1n) is 12.1. The molecule has 9 heteroatoms. The molecule has 5 nitrogen and oxygen atoms in total. The number of carbonyl (C=O) groups excluding carboxylic acids is 1. The van der Waals surface area contributed by atoms with Crippen LogP contribution in [0.2, 0.25) is 5.02 Å². The molecule has 0 saturated heterocycles. The van der Waals surface area contributed by atoms with Crippen LogP contribution >= 0.6 is 11.6 Å². The number of amides is 1. The zero-order valence-electron chi connectivity index (χ0n) is 19.5. The lowest BCUT2D eigenvalue weighted by Crippen LogP contribution is -2.58. The van der Waals surface area contributed by atoms with Crippen molar-refractivity contribution < 1.29 is 22.0 Å². The van der Waals surface area contributed by atoms with Crippen LogP contribution in [-0.2, 0) is 14.8 Å². The van der Waals surface area contributed by atoms with E-state index in [9.17, 15) is 22.0 Å². The van der Waals surface area contributed by atoms with Crippen LogP contribution in [0.4, 0.5) is 14.5 Å². The number of rotatable bonds is 7. The molecule has 1 N–H and O–H groups in total. The molecule has 1 unspecified atom stereocenters. The maximum Gasteiger partial charge on any atom is 0.243 e. The van der Waals surface area contributed by atoms with Gasteiger partial charge in [-0.15, -0.1) is 0 Å². The second kappa shape index (κ2) is 9.12. The number of nitrogens with one attached hydrogen (secondary N) is 1. The molecule has 1 amide bonds. The maximum atomic E-state index is 14.1. The summed E-state index contributed by atoms with van der Waals surface area (Å²) in [7, 11) is -4.05. The zero-order valence-corrected chi connectivity index (χ0v) is 21.1. The van der Waals surface area contributed by atoms with Gasteiger partial charge in [-0.05, 0) is 105 Å². The number of hydrogen-bond donors (Lipinski definition) is 1. The largest absolute Gasteiger partial charge is 0.322 e. The third-order valence-electron chi connectivity index (χ3n) is 8.33. The molecule has 0 aromatic heterocycles. The van der Waals surface area contributed by atoms with Crippen molar-refractivity contribution >= 4 is 33.2 Å². The van der Waals surface area contributed by atoms with Crippen molar-refractivity contribution in [2.45, 2.75) is 56.4 Å². The number of sulfonamides is 1. The van der Waals surface area contributed by atoms with Crippen molar-refractivity contribution in [1.82, 2.24) is 4.31 Å². The van der Waals surface area contributed by atoms with E-state index in [1.807, 2.05) is 6.92 Å². The summed E-state index contributed by atoms with van der Waals surface area (Å²) in [6.45, 7) is 1.44. The molecule has 4 aliphatic carbocycles. The van der Waals surface area contributed by atoms with E-state index in [2.05, 4.69) is 5.32 Å². The summed E-state index contributed by atoms with van der Waals surface area (Å²) >= 11 is 5.98. The maximum absolute atomic E-state index is 14.1. The monoisotopic (exact) mass is 522 g/mol. The van der Waals surface area contributed by atoms with Crippen molar-refractivity contribution in [3.05, 3.63) is 59.1 Å². The van der Waals surface area contributed by atoms with E-state index >= 15 is 0 Å². The van der Waals surface area contributed by atoms with Crippen LogP contribution in [0, 0.1) is 34.8 Å². The lowest BCUT2D eigenvalue weighted by molar-refractivity contribution is -0.119. The van der Waals surface area contributed by atoms with E-state index in [-0.39, 0.29) is 16.0 Å². The first-order chi connectivity index (χ1) is 16.6. The Labute approximate surface area is 209 Å². The van der Waals surface area contributed by atoms with Gasteiger partial charge in [-0.1, -0.05) is 11.6 Å². The van der Waals surface area contributed by atoms with E-state index in [1.54, 1.807) is 0 Å². The molecular weight excluding hydrogens is 494 g/mol. The predicted octanol–water partition coefficient (Wildman–Crippen LogP) is 5.85. The fourth-order valence-corrected chi connectivity index (χ4v) is 8.89. The fourth-order valence-electron chi connectivity index (χ4n) is 7.09. The molecule has 0 radical (unpaired) electrons. The van der Waals surface area contributed by atoms with E-state index in [4.69, 9.17) is 11.6 Å². The molecule has 6 rings (SSSR count). The fraction of sp³-hybridized carbons (Fsp3) is 0.500. The molecule has 188 valence electrons. The van der Waals surface area contributed by atoms with Crippen molar-refractivity contribution in [1.29, 1.82) is 0 Å². The lowest BCUT2D eigenvalue weighted by atomic mass is 9.48. The Morgan fingerprint density at radius 3 is 2.17 bits per heavy atom. The molecule has 4 fully saturated rings. The summed E-state index contributed by atoms with van der Waals surface area (Å²) in [6.07, 6.45) is 6.50. The van der Waals surface area contributed by atoms with Crippen LogP contribution in [0.3, 0.4) is 0 Å². The summed E-state index contributed by atoms with van der Waals surface area (Å²) in [6, 6.07) is 8.33. The normalized spacial score (nSPS) is 28.3. The van der Waals surface area contributed by atoms with Crippen molar-refractivity contribution in [2.24, 2.45) is 23.2 Å². The average Bonchev–Trinajstić information content (AvgIpc) is 2.78. The van der Waals surface area contributed by atoms with Crippen LogP contribution in [-0.4, -0.2) is 31.2 Å². The minimum Gasteiger partial charge on any atom is -0.322 e. The highest BCUT2D eigenvalue weighted by molar-refractivity contribution is 7.89. The van der Waals surface area contributed by atoms with Gasteiger partial charge in [0.25, 0.3) is 0 Å². The summed E-state index contributed by atoms with van der Waals surface area (Å²) in [5, 5.41) is 2.83. The quantitative estimate of drug-likeness (QED) is 0.496. The van der Waals surface area contributed by atoms with E-state index in [1.165, 1.54) is 47.8 Å². The molecule has 2 aromatic carbocycles. The predicted molar refractivity (Wildman–Crippen MR) is 130 cm³/mol. The molecule has 4 saturated carbocycles. The standard InChI is InChI=1S/C26H29ClF2N2O3S/c1-16(26-12-17-8-18(13-26)10-19(9-17)14-26)31(35(33,34)22-5-2-20(27)3-6-22)15-25(32)30-24-7-4-21(28)11-23(24)29/h2-7,11,16-19H,8-10,12-15H2,1H3,(H,30,32). The zero-order chi connectivity index (χ0) is 25.0. The summed E-state index contributed by atoms with van der Waals surface area (Å²) in [5.41, 5.74) is -0.377. The highest BCUT2D eigenvalue weighted by Gasteiger charge is 2.55. The topological polar surface area (TPSA) is 66.5 Å². The molecule has 35 heavy (non-hydrogen) atoms. The number of anilines is 1. The van der Waals surface area contributed by atoms with Gasteiger partial charge in [0, 0.05) is 17.1 Å². The first kappa shape index (κ1) is 24.7. The van der Waals surface area contributed by atoms with Gasteiger partial charge >= 0.3 is 0 Å². The smallest absolute Gasteiger partial charge is 0.243 e. The Morgan fingerprint density at radius 2 is 1.63 bits per heavy atom. The molecule has 0 aliphatic heterocycles. The van der Waals surface area contributed by atoms with Crippen LogP contribution < -0.4 is 5.32 Å². The highest BCUT2D eigenvalue weighted by Crippen LogP contribution is 2.62. The van der Waals surface area contributed by atoms with Crippen LogP contribution in [0.15, 0.2) is 47.4 Å². The van der Waals surface area contributed by atoms with Crippen LogP contribution in [0.1, 0.15) is 45.4 Å². The van der Waals surface area contributed by atoms with Gasteiger partial charge in [-0.25, -0.2) is 17.2 Å². The van der Waals surface area contributed by atoms with Gasteiger partial charge < -0.3 is 5.32 Å². The third-order valence-corrected chi connectivity index (χ3v) is 10.5. The summed E-state index contributed by atoms with van der Waals surface area (Å²) in [4.78, 5) is 13.1. The van der Waals surface area contributed by atoms with Gasteiger partial charge in [-0.3, -0.25) is 4.79 Å². The molecule has 0 spiro atoms. The van der Waals surface area contributed by atoms with Crippen molar-refractivity contribution in [3.8, 4) is 0 Å². The summed E-state index contributed by atoms with van der Waals surface area (Å²) in [5.74, 6) is -0.546. The molecule has 4 bridgehead atoms. The van der Waals surface area contributed by atoms with Gasteiger partial charge in [0.2, 0.25) is 15.9 Å². The SMILES string of the molecule is CC(N(CC(=O)Nc1ccc(F)cc1F)S(=O)(=O)c1ccc(Cl)cc1)C12CC3CC(CC(C3)C1)C2. The Hall–Kier alpha value is -2.03. The van der Waals surface area contributed by atoms with Crippen molar-refractivity contribution in [3.63, 3.8) is 0 Å². The number of halogens is 3. The number of carbonyl (C=O) groups is 1. The Morgan fingerprint density at radius 1 is 1.06 bits per heavy atom. The van der Waals surface area contributed by atoms with E-state index in [0.29, 0.717) is 28.8 Å². The van der Waals surface area contributed by atoms with Crippen LogP contribution in [0.25, 0.3) is 0 Å². The second-order valence-corrected chi connectivity index (χ2v) is 13.0. The lowest BCUT2D eigenvalue weighted by Gasteiger charge is -2.60. The Balaban J connectivity index is 1.47. The number of hydrogen-bond acceptors (Lipinski definition) is 3. The van der Waals surface area contributed by atoms with E-state index < -0.39 is 40.2 Å². The minimum absolute atomic E-state index is 0.0549. The molecule has 4 aliphatic rings. The first-order valence-corrected chi connectivity index (χ1v) is 13.9. The van der Waals surface area contributed by atoms with Gasteiger partial charge in [0.05, 0.1) is 17.1 Å². The second-order valence-electron chi connectivity index (χ2n) is 10.6.